The zero-order valence-electron chi connectivity index (χ0n) is 11.1. The second-order valence-electron chi connectivity index (χ2n) is 4.68. The van der Waals surface area contributed by atoms with Gasteiger partial charge in [0.2, 0.25) is 0 Å². The topological polar surface area (TPSA) is 38.8 Å². The van der Waals surface area contributed by atoms with E-state index >= 15 is 0 Å². The Labute approximate surface area is 107 Å². The van der Waals surface area contributed by atoms with Crippen LogP contribution in [-0.2, 0) is 14.3 Å². The summed E-state index contributed by atoms with van der Waals surface area (Å²) in [6.45, 7) is 5.76. The Kier molecular flexibility index (Phi) is 3.87. The Morgan fingerprint density at radius 3 is 2.67 bits per heavy atom. The van der Waals surface area contributed by atoms with Crippen molar-refractivity contribution in [2.45, 2.75) is 13.8 Å². The second kappa shape index (κ2) is 5.40. The molecule has 1 aromatic carbocycles. The van der Waals surface area contributed by atoms with Crippen LogP contribution in [0.1, 0.15) is 11.1 Å². The van der Waals surface area contributed by atoms with Gasteiger partial charge in [0.05, 0.1) is 19.6 Å². The number of carbonyl (C=O) groups excluding carboxylic acids is 1. The van der Waals surface area contributed by atoms with Crippen LogP contribution in [-0.4, -0.2) is 33.0 Å². The lowest BCUT2D eigenvalue weighted by atomic mass is 10.0. The van der Waals surface area contributed by atoms with Gasteiger partial charge in [0, 0.05) is 12.2 Å². The summed E-state index contributed by atoms with van der Waals surface area (Å²) in [5, 5.41) is 0. The number of esters is 1. The lowest BCUT2D eigenvalue weighted by molar-refractivity contribution is -0.148. The van der Waals surface area contributed by atoms with E-state index in [-0.39, 0.29) is 11.9 Å². The van der Waals surface area contributed by atoms with Crippen molar-refractivity contribution >= 4 is 11.7 Å². The number of methoxy groups -OCH3 is 1. The minimum absolute atomic E-state index is 0.203. The fourth-order valence-electron chi connectivity index (χ4n) is 2.45. The van der Waals surface area contributed by atoms with Gasteiger partial charge in [0.25, 0.3) is 0 Å². The molecule has 1 heterocycles. The average Bonchev–Trinajstić information content (AvgIpc) is 2.38. The molecule has 4 heteroatoms. The van der Waals surface area contributed by atoms with E-state index in [0.717, 1.165) is 5.69 Å². The zero-order chi connectivity index (χ0) is 13.1. The third kappa shape index (κ3) is 2.48. The van der Waals surface area contributed by atoms with Crippen molar-refractivity contribution in [2.75, 3.05) is 31.9 Å². The van der Waals surface area contributed by atoms with Crippen LogP contribution in [0.5, 0.6) is 0 Å². The van der Waals surface area contributed by atoms with E-state index in [0.29, 0.717) is 19.9 Å². The predicted octanol–water partition coefficient (Wildman–Crippen LogP) is 1.89. The fraction of sp³-hybridized carbons (Fsp3) is 0.500. The van der Waals surface area contributed by atoms with E-state index in [4.69, 9.17) is 9.47 Å². The molecule has 0 N–H and O–H groups in total. The summed E-state index contributed by atoms with van der Waals surface area (Å²) in [5.74, 6) is -0.409. The number of anilines is 1. The normalized spacial score (nSPS) is 19.7. The lowest BCUT2D eigenvalue weighted by Gasteiger charge is -2.34. The first-order valence-electron chi connectivity index (χ1n) is 6.10. The van der Waals surface area contributed by atoms with Crippen LogP contribution in [0.4, 0.5) is 5.69 Å². The molecule has 0 saturated carbocycles. The van der Waals surface area contributed by atoms with Crippen molar-refractivity contribution < 1.29 is 14.3 Å². The summed E-state index contributed by atoms with van der Waals surface area (Å²) in [6.07, 6.45) is 0. The molecule has 1 saturated heterocycles. The number of nitrogens with zero attached hydrogens (tertiary/aromatic N) is 1. The van der Waals surface area contributed by atoms with Crippen molar-refractivity contribution in [2.24, 2.45) is 5.92 Å². The molecule has 4 nitrogen and oxygen atoms in total. The Hall–Kier alpha value is -1.55. The molecule has 98 valence electrons. The van der Waals surface area contributed by atoms with Crippen LogP contribution in [0.15, 0.2) is 18.2 Å². The third-order valence-corrected chi connectivity index (χ3v) is 3.30. The number of carbonyl (C=O) groups is 1. The third-order valence-electron chi connectivity index (χ3n) is 3.30. The minimum atomic E-state index is -0.206. The molecule has 1 aromatic rings. The first kappa shape index (κ1) is 12.9. The van der Waals surface area contributed by atoms with Crippen LogP contribution >= 0.6 is 0 Å². The average molecular weight is 249 g/mol. The molecule has 1 atom stereocenters. The SMILES string of the molecule is COC(=O)C1COCN(c2c(C)cccc2C)C1. The number of benzene rings is 1. The Morgan fingerprint density at radius 1 is 1.39 bits per heavy atom. The van der Waals surface area contributed by atoms with Crippen molar-refractivity contribution in [3.05, 3.63) is 29.3 Å². The van der Waals surface area contributed by atoms with Crippen molar-refractivity contribution in [3.63, 3.8) is 0 Å². The molecule has 0 radical (unpaired) electrons. The van der Waals surface area contributed by atoms with Gasteiger partial charge in [0.15, 0.2) is 0 Å². The number of aryl methyl sites for hydroxylation is 2. The molecule has 1 aliphatic rings. The van der Waals surface area contributed by atoms with E-state index in [1.807, 2.05) is 6.07 Å². The van der Waals surface area contributed by atoms with E-state index in [9.17, 15) is 4.79 Å². The minimum Gasteiger partial charge on any atom is -0.469 e. The van der Waals surface area contributed by atoms with Gasteiger partial charge >= 0.3 is 5.97 Å². The van der Waals surface area contributed by atoms with Gasteiger partial charge in [-0.05, 0) is 25.0 Å². The van der Waals surface area contributed by atoms with E-state index in [1.54, 1.807) is 0 Å². The lowest BCUT2D eigenvalue weighted by Crippen LogP contribution is -2.43. The van der Waals surface area contributed by atoms with Gasteiger partial charge in [-0.25, -0.2) is 0 Å². The zero-order valence-corrected chi connectivity index (χ0v) is 11.1. The van der Waals surface area contributed by atoms with Gasteiger partial charge in [-0.15, -0.1) is 0 Å². The van der Waals surface area contributed by atoms with Crippen LogP contribution < -0.4 is 4.90 Å². The Morgan fingerprint density at radius 2 is 2.06 bits per heavy atom. The standard InChI is InChI=1S/C14H19NO3/c1-10-5-4-6-11(2)13(10)15-7-12(8-18-9-15)14(16)17-3/h4-6,12H,7-9H2,1-3H3. The molecular weight excluding hydrogens is 230 g/mol. The molecule has 1 fully saturated rings. The number of para-hydroxylation sites is 1. The van der Waals surface area contributed by atoms with Gasteiger partial charge < -0.3 is 14.4 Å². The van der Waals surface area contributed by atoms with E-state index in [2.05, 4.69) is 30.9 Å². The van der Waals surface area contributed by atoms with Crippen molar-refractivity contribution in [3.8, 4) is 0 Å². The fourth-order valence-corrected chi connectivity index (χ4v) is 2.45. The smallest absolute Gasteiger partial charge is 0.312 e. The maximum absolute atomic E-state index is 11.6. The highest BCUT2D eigenvalue weighted by Crippen LogP contribution is 2.27. The number of hydrogen-bond donors (Lipinski definition) is 0. The monoisotopic (exact) mass is 249 g/mol. The Balaban J connectivity index is 2.21. The highest BCUT2D eigenvalue weighted by atomic mass is 16.5. The molecule has 0 aliphatic carbocycles. The molecule has 0 amide bonds. The maximum Gasteiger partial charge on any atom is 0.312 e. The number of ether oxygens (including phenoxy) is 2. The highest BCUT2D eigenvalue weighted by molar-refractivity contribution is 5.74. The maximum atomic E-state index is 11.6. The summed E-state index contributed by atoms with van der Waals surface area (Å²) in [5.41, 5.74) is 3.55. The summed E-state index contributed by atoms with van der Waals surface area (Å²) in [7, 11) is 1.42. The van der Waals surface area contributed by atoms with Crippen LogP contribution in [0.25, 0.3) is 0 Å². The quantitative estimate of drug-likeness (QED) is 0.750. The van der Waals surface area contributed by atoms with E-state index < -0.39 is 0 Å². The van der Waals surface area contributed by atoms with Crippen LogP contribution in [0.3, 0.4) is 0 Å². The van der Waals surface area contributed by atoms with Gasteiger partial charge in [0.1, 0.15) is 6.73 Å². The number of hydrogen-bond acceptors (Lipinski definition) is 4. The van der Waals surface area contributed by atoms with Crippen LogP contribution in [0, 0.1) is 19.8 Å². The first-order chi connectivity index (χ1) is 8.63. The highest BCUT2D eigenvalue weighted by Gasteiger charge is 2.28. The first-order valence-corrected chi connectivity index (χ1v) is 6.10. The van der Waals surface area contributed by atoms with Gasteiger partial charge in [-0.1, -0.05) is 18.2 Å². The van der Waals surface area contributed by atoms with Crippen molar-refractivity contribution in [1.29, 1.82) is 0 Å². The van der Waals surface area contributed by atoms with E-state index in [1.165, 1.54) is 18.2 Å². The van der Waals surface area contributed by atoms with Crippen LogP contribution in [0.2, 0.25) is 0 Å². The van der Waals surface area contributed by atoms with Crippen molar-refractivity contribution in [1.82, 2.24) is 0 Å². The summed E-state index contributed by atoms with van der Waals surface area (Å²) in [4.78, 5) is 13.7. The predicted molar refractivity (Wildman–Crippen MR) is 69.6 cm³/mol. The molecule has 1 aliphatic heterocycles. The molecule has 0 bridgehead atoms. The Bertz CT molecular complexity index is 424. The summed E-state index contributed by atoms with van der Waals surface area (Å²) in [6, 6.07) is 6.19. The summed E-state index contributed by atoms with van der Waals surface area (Å²) < 4.78 is 10.3. The second-order valence-corrected chi connectivity index (χ2v) is 4.68. The molecule has 18 heavy (non-hydrogen) atoms. The molecule has 2 rings (SSSR count). The molecule has 0 aromatic heterocycles. The number of rotatable bonds is 2. The molecule has 0 spiro atoms. The van der Waals surface area contributed by atoms with Gasteiger partial charge in [-0.2, -0.15) is 0 Å². The molecule has 1 unspecified atom stereocenters. The molecular formula is C14H19NO3. The largest absolute Gasteiger partial charge is 0.469 e. The van der Waals surface area contributed by atoms with Gasteiger partial charge in [-0.3, -0.25) is 4.79 Å². The summed E-state index contributed by atoms with van der Waals surface area (Å²) >= 11 is 0.